The molecule has 5 heteroatoms. The maximum atomic E-state index is 8.89. The molecule has 0 bridgehead atoms. The van der Waals surface area contributed by atoms with Crippen LogP contribution in [0.15, 0.2) is 30.3 Å². The monoisotopic (exact) mass is 268 g/mol. The van der Waals surface area contributed by atoms with Gasteiger partial charge in [0, 0.05) is 11.8 Å². The van der Waals surface area contributed by atoms with Crippen LogP contribution in [0.25, 0.3) is 0 Å². The van der Waals surface area contributed by atoms with Crippen molar-refractivity contribution in [3.05, 3.63) is 41.9 Å². The molecule has 0 spiro atoms. The lowest BCUT2D eigenvalue weighted by atomic mass is 10.3. The SMILES string of the molecule is Cc1nc(C#N)cc(Nc2ccc(OC(C)C)cc2)n1. The lowest BCUT2D eigenvalue weighted by Crippen LogP contribution is -2.05. The van der Waals surface area contributed by atoms with Gasteiger partial charge >= 0.3 is 0 Å². The molecule has 102 valence electrons. The van der Waals surface area contributed by atoms with E-state index in [1.807, 2.05) is 44.2 Å². The first kappa shape index (κ1) is 13.8. The predicted molar refractivity (Wildman–Crippen MR) is 77.0 cm³/mol. The normalized spacial score (nSPS) is 10.2. The van der Waals surface area contributed by atoms with Crippen LogP contribution in [0, 0.1) is 18.3 Å². The Morgan fingerprint density at radius 3 is 2.50 bits per heavy atom. The van der Waals surface area contributed by atoms with E-state index in [-0.39, 0.29) is 6.10 Å². The maximum Gasteiger partial charge on any atom is 0.146 e. The highest BCUT2D eigenvalue weighted by Crippen LogP contribution is 2.20. The maximum absolute atomic E-state index is 8.89. The molecule has 0 unspecified atom stereocenters. The molecule has 2 rings (SSSR count). The fourth-order valence-corrected chi connectivity index (χ4v) is 1.73. The third kappa shape index (κ3) is 3.69. The third-order valence-electron chi connectivity index (χ3n) is 2.45. The summed E-state index contributed by atoms with van der Waals surface area (Å²) in [4.78, 5) is 8.25. The van der Waals surface area contributed by atoms with E-state index in [9.17, 15) is 0 Å². The van der Waals surface area contributed by atoms with E-state index >= 15 is 0 Å². The Balaban J connectivity index is 2.14. The van der Waals surface area contributed by atoms with Crippen LogP contribution in [0.3, 0.4) is 0 Å². The van der Waals surface area contributed by atoms with Gasteiger partial charge in [0.1, 0.15) is 29.2 Å². The van der Waals surface area contributed by atoms with Crippen molar-refractivity contribution >= 4 is 11.5 Å². The number of nitrogens with one attached hydrogen (secondary N) is 1. The molecular weight excluding hydrogens is 252 g/mol. The first-order chi connectivity index (χ1) is 9.56. The highest BCUT2D eigenvalue weighted by molar-refractivity contribution is 5.58. The molecule has 0 saturated heterocycles. The van der Waals surface area contributed by atoms with Gasteiger partial charge in [-0.25, -0.2) is 9.97 Å². The van der Waals surface area contributed by atoms with Crippen molar-refractivity contribution in [1.82, 2.24) is 9.97 Å². The zero-order valence-electron chi connectivity index (χ0n) is 11.7. The molecule has 0 aliphatic heterocycles. The highest BCUT2D eigenvalue weighted by atomic mass is 16.5. The predicted octanol–water partition coefficient (Wildman–Crippen LogP) is 3.19. The summed E-state index contributed by atoms with van der Waals surface area (Å²) < 4.78 is 5.58. The molecule has 1 aromatic heterocycles. The smallest absolute Gasteiger partial charge is 0.146 e. The van der Waals surface area contributed by atoms with Gasteiger partial charge < -0.3 is 10.1 Å². The summed E-state index contributed by atoms with van der Waals surface area (Å²) in [6.07, 6.45) is 0.150. The second-order valence-corrected chi connectivity index (χ2v) is 4.61. The molecule has 1 aromatic carbocycles. The topological polar surface area (TPSA) is 70.8 Å². The molecule has 0 saturated carbocycles. The summed E-state index contributed by atoms with van der Waals surface area (Å²) in [5.41, 5.74) is 1.22. The molecule has 1 N–H and O–H groups in total. The van der Waals surface area contributed by atoms with Gasteiger partial charge in [0.15, 0.2) is 0 Å². The number of nitriles is 1. The van der Waals surface area contributed by atoms with Crippen LogP contribution in [0.5, 0.6) is 5.75 Å². The van der Waals surface area contributed by atoms with Crippen LogP contribution in [-0.4, -0.2) is 16.1 Å². The molecule has 0 aliphatic rings. The average molecular weight is 268 g/mol. The number of aromatic nitrogens is 2. The number of hydrogen-bond donors (Lipinski definition) is 1. The van der Waals surface area contributed by atoms with E-state index in [1.54, 1.807) is 13.0 Å². The highest BCUT2D eigenvalue weighted by Gasteiger charge is 2.03. The lowest BCUT2D eigenvalue weighted by Gasteiger charge is -2.11. The Morgan fingerprint density at radius 1 is 1.20 bits per heavy atom. The minimum absolute atomic E-state index is 0.150. The molecule has 0 fully saturated rings. The van der Waals surface area contributed by atoms with E-state index in [0.29, 0.717) is 17.3 Å². The van der Waals surface area contributed by atoms with Crippen molar-refractivity contribution in [2.75, 3.05) is 5.32 Å². The fourth-order valence-electron chi connectivity index (χ4n) is 1.73. The summed E-state index contributed by atoms with van der Waals surface area (Å²) in [5.74, 6) is 1.99. The van der Waals surface area contributed by atoms with Crippen molar-refractivity contribution in [1.29, 1.82) is 5.26 Å². The Kier molecular flexibility index (Phi) is 4.16. The molecule has 2 aromatic rings. The Bertz CT molecular complexity index is 629. The van der Waals surface area contributed by atoms with Crippen LogP contribution in [0.2, 0.25) is 0 Å². The Hall–Kier alpha value is -2.61. The summed E-state index contributed by atoms with van der Waals surface area (Å²) in [6, 6.07) is 11.2. The van der Waals surface area contributed by atoms with Gasteiger partial charge in [-0.1, -0.05) is 0 Å². The third-order valence-corrected chi connectivity index (χ3v) is 2.45. The van der Waals surface area contributed by atoms with Gasteiger partial charge in [0.25, 0.3) is 0 Å². The average Bonchev–Trinajstić information content (AvgIpc) is 2.39. The van der Waals surface area contributed by atoms with E-state index in [4.69, 9.17) is 10.00 Å². The van der Waals surface area contributed by atoms with Gasteiger partial charge in [-0.05, 0) is 45.0 Å². The number of hydrogen-bond acceptors (Lipinski definition) is 5. The largest absolute Gasteiger partial charge is 0.491 e. The molecular formula is C15H16N4O. The molecule has 0 atom stereocenters. The minimum atomic E-state index is 0.150. The summed E-state index contributed by atoms with van der Waals surface area (Å²) in [6.45, 7) is 5.73. The van der Waals surface area contributed by atoms with Crippen molar-refractivity contribution < 1.29 is 4.74 Å². The molecule has 0 aliphatic carbocycles. The quantitative estimate of drug-likeness (QED) is 0.922. The molecule has 20 heavy (non-hydrogen) atoms. The van der Waals surface area contributed by atoms with E-state index < -0.39 is 0 Å². The van der Waals surface area contributed by atoms with Crippen LogP contribution >= 0.6 is 0 Å². The zero-order valence-corrected chi connectivity index (χ0v) is 11.7. The Morgan fingerprint density at radius 2 is 1.90 bits per heavy atom. The van der Waals surface area contributed by atoms with Crippen LogP contribution in [-0.2, 0) is 0 Å². The molecule has 1 heterocycles. The second kappa shape index (κ2) is 6.02. The number of nitrogens with zero attached hydrogens (tertiary/aromatic N) is 3. The van der Waals surface area contributed by atoms with Crippen molar-refractivity contribution in [2.45, 2.75) is 26.9 Å². The van der Waals surface area contributed by atoms with Gasteiger partial charge in [0.2, 0.25) is 0 Å². The number of anilines is 2. The summed E-state index contributed by atoms with van der Waals surface area (Å²) >= 11 is 0. The lowest BCUT2D eigenvalue weighted by molar-refractivity contribution is 0.242. The number of aryl methyl sites for hydroxylation is 1. The van der Waals surface area contributed by atoms with Gasteiger partial charge in [-0.15, -0.1) is 0 Å². The number of rotatable bonds is 4. The van der Waals surface area contributed by atoms with Gasteiger partial charge in [-0.2, -0.15) is 5.26 Å². The van der Waals surface area contributed by atoms with E-state index in [0.717, 1.165) is 11.4 Å². The van der Waals surface area contributed by atoms with E-state index in [1.165, 1.54) is 0 Å². The van der Waals surface area contributed by atoms with Crippen molar-refractivity contribution in [3.8, 4) is 11.8 Å². The van der Waals surface area contributed by atoms with Crippen molar-refractivity contribution in [3.63, 3.8) is 0 Å². The molecule has 0 radical (unpaired) electrons. The van der Waals surface area contributed by atoms with E-state index in [2.05, 4.69) is 15.3 Å². The fraction of sp³-hybridized carbons (Fsp3) is 0.267. The first-order valence-corrected chi connectivity index (χ1v) is 6.36. The van der Waals surface area contributed by atoms with Crippen molar-refractivity contribution in [2.24, 2.45) is 0 Å². The summed E-state index contributed by atoms with van der Waals surface area (Å²) in [5, 5.41) is 12.0. The minimum Gasteiger partial charge on any atom is -0.491 e. The van der Waals surface area contributed by atoms with Gasteiger partial charge in [-0.3, -0.25) is 0 Å². The molecule has 5 nitrogen and oxygen atoms in total. The second-order valence-electron chi connectivity index (χ2n) is 4.61. The zero-order chi connectivity index (χ0) is 14.5. The van der Waals surface area contributed by atoms with Crippen LogP contribution in [0.4, 0.5) is 11.5 Å². The van der Waals surface area contributed by atoms with Crippen LogP contribution in [0.1, 0.15) is 25.4 Å². The standard InChI is InChI=1S/C15H16N4O/c1-10(2)20-14-6-4-12(5-7-14)19-15-8-13(9-16)17-11(3)18-15/h4-8,10H,1-3H3,(H,17,18,19). The van der Waals surface area contributed by atoms with Crippen LogP contribution < -0.4 is 10.1 Å². The summed E-state index contributed by atoms with van der Waals surface area (Å²) in [7, 11) is 0. The number of benzene rings is 1. The Labute approximate surface area is 118 Å². The van der Waals surface area contributed by atoms with Gasteiger partial charge in [0.05, 0.1) is 6.10 Å². The molecule has 0 amide bonds. The number of ether oxygens (including phenoxy) is 1. The first-order valence-electron chi connectivity index (χ1n) is 6.36.